The van der Waals surface area contributed by atoms with Crippen molar-refractivity contribution in [1.29, 1.82) is 0 Å². The van der Waals surface area contributed by atoms with Crippen LogP contribution in [0.5, 0.6) is 23.0 Å². The summed E-state index contributed by atoms with van der Waals surface area (Å²) in [5.41, 5.74) is 2.60. The number of benzene rings is 2. The smallest absolute Gasteiger partial charge is 0.161 e. The van der Waals surface area contributed by atoms with Crippen molar-refractivity contribution in [1.82, 2.24) is 0 Å². The Morgan fingerprint density at radius 3 is 2.32 bits per heavy atom. The first-order chi connectivity index (χ1) is 9.13. The minimum absolute atomic E-state index is 0.175. The summed E-state index contributed by atoms with van der Waals surface area (Å²) in [4.78, 5) is 0. The highest BCUT2D eigenvalue weighted by Crippen LogP contribution is 2.38. The Morgan fingerprint density at radius 1 is 0.895 bits per heavy atom. The van der Waals surface area contributed by atoms with E-state index in [9.17, 15) is 15.3 Å². The van der Waals surface area contributed by atoms with Crippen molar-refractivity contribution in [2.24, 2.45) is 0 Å². The van der Waals surface area contributed by atoms with Gasteiger partial charge in [-0.2, -0.15) is 0 Å². The molecule has 96 valence electrons. The predicted octanol–water partition coefficient (Wildman–Crippen LogP) is 2.74. The number of phenolic OH excluding ortho intramolecular Hbond substituents is 3. The van der Waals surface area contributed by atoms with E-state index in [-0.39, 0.29) is 17.2 Å². The third kappa shape index (κ3) is 2.08. The van der Waals surface area contributed by atoms with Gasteiger partial charge in [-0.15, -0.1) is 0 Å². The molecule has 19 heavy (non-hydrogen) atoms. The standard InChI is InChI=1S/C15H12O4/c16-12-3-1-9(2-4-12)11-5-10-6-13(17)14(18)7-15(10)19-8-11/h1-7,16-18H,8H2. The number of ether oxygens (including phenoxy) is 1. The molecule has 0 amide bonds. The van der Waals surface area contributed by atoms with Crippen molar-refractivity contribution in [3.8, 4) is 23.0 Å². The molecule has 0 saturated heterocycles. The Balaban J connectivity index is 2.03. The van der Waals surface area contributed by atoms with E-state index >= 15 is 0 Å². The molecule has 0 fully saturated rings. The molecule has 0 spiro atoms. The van der Waals surface area contributed by atoms with Crippen LogP contribution in [0.15, 0.2) is 36.4 Å². The van der Waals surface area contributed by atoms with Gasteiger partial charge < -0.3 is 20.1 Å². The second kappa shape index (κ2) is 4.24. The SMILES string of the molecule is Oc1ccc(C2=Cc3cc(O)c(O)cc3OC2)cc1. The van der Waals surface area contributed by atoms with Crippen LogP contribution in [-0.2, 0) is 0 Å². The van der Waals surface area contributed by atoms with Crippen LogP contribution in [0.2, 0.25) is 0 Å². The van der Waals surface area contributed by atoms with Crippen LogP contribution in [0, 0.1) is 0 Å². The number of hydrogen-bond donors (Lipinski definition) is 3. The molecule has 0 radical (unpaired) electrons. The van der Waals surface area contributed by atoms with Crippen LogP contribution >= 0.6 is 0 Å². The lowest BCUT2D eigenvalue weighted by atomic mass is 10.0. The second-order valence-electron chi connectivity index (χ2n) is 4.38. The van der Waals surface area contributed by atoms with E-state index in [1.807, 2.05) is 6.08 Å². The molecule has 0 atom stereocenters. The van der Waals surface area contributed by atoms with E-state index in [2.05, 4.69) is 0 Å². The van der Waals surface area contributed by atoms with Gasteiger partial charge in [-0.3, -0.25) is 0 Å². The third-order valence-corrected chi connectivity index (χ3v) is 3.06. The second-order valence-corrected chi connectivity index (χ2v) is 4.38. The zero-order valence-corrected chi connectivity index (χ0v) is 10.00. The number of fused-ring (bicyclic) bond motifs is 1. The number of hydrogen-bond acceptors (Lipinski definition) is 4. The normalized spacial score (nSPS) is 13.4. The lowest BCUT2D eigenvalue weighted by Crippen LogP contribution is -2.06. The van der Waals surface area contributed by atoms with Crippen molar-refractivity contribution < 1.29 is 20.1 Å². The topological polar surface area (TPSA) is 69.9 Å². The Kier molecular flexibility index (Phi) is 2.56. The van der Waals surface area contributed by atoms with Gasteiger partial charge in [-0.1, -0.05) is 12.1 Å². The molecular formula is C15H12O4. The Labute approximate surface area is 109 Å². The minimum atomic E-state index is -0.194. The van der Waals surface area contributed by atoms with Crippen LogP contribution in [0.4, 0.5) is 0 Å². The molecule has 0 aromatic heterocycles. The number of aromatic hydroxyl groups is 3. The zero-order valence-electron chi connectivity index (χ0n) is 10.00. The fourth-order valence-corrected chi connectivity index (χ4v) is 2.04. The monoisotopic (exact) mass is 256 g/mol. The fraction of sp³-hybridized carbons (Fsp3) is 0.0667. The number of rotatable bonds is 1. The Bertz CT molecular complexity index is 657. The molecular weight excluding hydrogens is 244 g/mol. The van der Waals surface area contributed by atoms with Gasteiger partial charge in [0.25, 0.3) is 0 Å². The fourth-order valence-electron chi connectivity index (χ4n) is 2.04. The average molecular weight is 256 g/mol. The van der Waals surface area contributed by atoms with Crippen molar-refractivity contribution in [3.05, 3.63) is 47.5 Å². The van der Waals surface area contributed by atoms with Crippen molar-refractivity contribution in [3.63, 3.8) is 0 Å². The molecule has 1 aliphatic heterocycles. The summed E-state index contributed by atoms with van der Waals surface area (Å²) in [6.07, 6.45) is 1.89. The van der Waals surface area contributed by atoms with Crippen LogP contribution < -0.4 is 4.74 Å². The maximum Gasteiger partial charge on any atom is 0.161 e. The van der Waals surface area contributed by atoms with Gasteiger partial charge in [-0.25, -0.2) is 0 Å². The van der Waals surface area contributed by atoms with E-state index < -0.39 is 0 Å². The van der Waals surface area contributed by atoms with Gasteiger partial charge in [0.05, 0.1) is 0 Å². The third-order valence-electron chi connectivity index (χ3n) is 3.06. The molecule has 0 aliphatic carbocycles. The molecule has 0 bridgehead atoms. The predicted molar refractivity (Wildman–Crippen MR) is 71.2 cm³/mol. The highest BCUT2D eigenvalue weighted by atomic mass is 16.5. The van der Waals surface area contributed by atoms with Crippen LogP contribution in [0.25, 0.3) is 11.6 Å². The van der Waals surface area contributed by atoms with E-state index in [4.69, 9.17) is 4.74 Å². The first-order valence-corrected chi connectivity index (χ1v) is 5.82. The molecule has 3 N–H and O–H groups in total. The van der Waals surface area contributed by atoms with Gasteiger partial charge in [0.2, 0.25) is 0 Å². The molecule has 3 rings (SSSR count). The van der Waals surface area contributed by atoms with Crippen LogP contribution in [0.3, 0.4) is 0 Å². The quantitative estimate of drug-likeness (QED) is 0.686. The molecule has 0 saturated carbocycles. The molecule has 0 unspecified atom stereocenters. The summed E-state index contributed by atoms with van der Waals surface area (Å²) in [6.45, 7) is 0.377. The minimum Gasteiger partial charge on any atom is -0.508 e. The summed E-state index contributed by atoms with van der Waals surface area (Å²) in [5.74, 6) is 0.382. The first-order valence-electron chi connectivity index (χ1n) is 5.82. The van der Waals surface area contributed by atoms with E-state index in [0.29, 0.717) is 17.9 Å². The highest BCUT2D eigenvalue weighted by Gasteiger charge is 2.15. The molecule has 1 heterocycles. The van der Waals surface area contributed by atoms with E-state index in [0.717, 1.165) is 11.1 Å². The van der Waals surface area contributed by atoms with Crippen LogP contribution in [-0.4, -0.2) is 21.9 Å². The largest absolute Gasteiger partial charge is 0.508 e. The summed E-state index contributed by atoms with van der Waals surface area (Å²) in [5, 5.41) is 28.2. The number of phenols is 3. The van der Waals surface area contributed by atoms with Crippen molar-refractivity contribution in [2.45, 2.75) is 0 Å². The lowest BCUT2D eigenvalue weighted by molar-refractivity contribution is 0.356. The van der Waals surface area contributed by atoms with E-state index in [1.165, 1.54) is 12.1 Å². The Morgan fingerprint density at radius 2 is 1.58 bits per heavy atom. The molecule has 4 heteroatoms. The molecule has 2 aromatic carbocycles. The van der Waals surface area contributed by atoms with Crippen molar-refractivity contribution >= 4 is 11.6 Å². The lowest BCUT2D eigenvalue weighted by Gasteiger charge is -2.18. The molecule has 2 aromatic rings. The van der Waals surface area contributed by atoms with Gasteiger partial charge in [-0.05, 0) is 35.4 Å². The van der Waals surface area contributed by atoms with Gasteiger partial charge in [0, 0.05) is 11.6 Å². The summed E-state index contributed by atoms with van der Waals surface area (Å²) < 4.78 is 5.55. The Hall–Kier alpha value is -2.62. The summed E-state index contributed by atoms with van der Waals surface area (Å²) in [7, 11) is 0. The molecule has 1 aliphatic rings. The van der Waals surface area contributed by atoms with Gasteiger partial charge >= 0.3 is 0 Å². The van der Waals surface area contributed by atoms with E-state index in [1.54, 1.807) is 24.3 Å². The maximum atomic E-state index is 9.50. The maximum absolute atomic E-state index is 9.50. The van der Waals surface area contributed by atoms with Gasteiger partial charge in [0.1, 0.15) is 18.1 Å². The van der Waals surface area contributed by atoms with Crippen LogP contribution in [0.1, 0.15) is 11.1 Å². The zero-order chi connectivity index (χ0) is 13.4. The average Bonchev–Trinajstić information content (AvgIpc) is 2.40. The highest BCUT2D eigenvalue weighted by molar-refractivity contribution is 5.86. The summed E-state index contributed by atoms with van der Waals surface area (Å²) in [6, 6.07) is 9.69. The van der Waals surface area contributed by atoms with Crippen molar-refractivity contribution in [2.75, 3.05) is 6.61 Å². The molecule has 4 nitrogen and oxygen atoms in total. The summed E-state index contributed by atoms with van der Waals surface area (Å²) >= 11 is 0. The first kappa shape index (κ1) is 11.5. The van der Waals surface area contributed by atoms with Gasteiger partial charge in [0.15, 0.2) is 11.5 Å².